The summed E-state index contributed by atoms with van der Waals surface area (Å²) >= 11 is 0. The first kappa shape index (κ1) is 14.1. The Hall–Kier alpha value is -2.88. The Morgan fingerprint density at radius 3 is 2.05 bits per heavy atom. The third kappa shape index (κ3) is 2.19. The number of ether oxygens (including phenoxy) is 1. The molecule has 112 valence electrons. The van der Waals surface area contributed by atoms with Gasteiger partial charge in [0.25, 0.3) is 0 Å². The lowest BCUT2D eigenvalue weighted by molar-refractivity contribution is 0.394. The third-order valence-corrected chi connectivity index (χ3v) is 3.79. The van der Waals surface area contributed by atoms with Gasteiger partial charge in [0.2, 0.25) is 0 Å². The van der Waals surface area contributed by atoms with E-state index < -0.39 is 0 Å². The van der Waals surface area contributed by atoms with Crippen molar-refractivity contribution in [2.75, 3.05) is 7.11 Å². The quantitative estimate of drug-likeness (QED) is 0.510. The molecule has 0 bridgehead atoms. The van der Waals surface area contributed by atoms with Crippen LogP contribution in [-0.2, 0) is 6.42 Å². The molecule has 0 heterocycles. The fourth-order valence-corrected chi connectivity index (χ4v) is 2.65. The molecule has 3 N–H and O–H groups in total. The van der Waals surface area contributed by atoms with Crippen molar-refractivity contribution in [3.05, 3.63) is 59.7 Å². The second kappa shape index (κ2) is 5.48. The summed E-state index contributed by atoms with van der Waals surface area (Å²) in [4.78, 5) is 0. The van der Waals surface area contributed by atoms with E-state index in [2.05, 4.69) is 0 Å². The first-order valence-electron chi connectivity index (χ1n) is 6.90. The van der Waals surface area contributed by atoms with Gasteiger partial charge < -0.3 is 20.1 Å². The Morgan fingerprint density at radius 2 is 1.36 bits per heavy atom. The summed E-state index contributed by atoms with van der Waals surface area (Å²) in [7, 11) is 1.57. The van der Waals surface area contributed by atoms with Crippen LogP contribution in [0.1, 0.15) is 11.1 Å². The fourth-order valence-electron chi connectivity index (χ4n) is 2.65. The fraction of sp³-hybridized carbons (Fsp3) is 0.111. The maximum atomic E-state index is 10.5. The van der Waals surface area contributed by atoms with Crippen LogP contribution in [0.15, 0.2) is 48.5 Å². The summed E-state index contributed by atoms with van der Waals surface area (Å²) < 4.78 is 5.29. The predicted octanol–water partition coefficient (Wildman–Crippen LogP) is 3.56. The van der Waals surface area contributed by atoms with Gasteiger partial charge in [0.1, 0.15) is 11.5 Å². The lowest BCUT2D eigenvalue weighted by atomic mass is 9.97. The SMILES string of the molecule is COc1ccccc1Cc1c(O)c(O)c2ccccc2c1O. The van der Waals surface area contributed by atoms with Gasteiger partial charge in [-0.25, -0.2) is 0 Å². The van der Waals surface area contributed by atoms with Crippen LogP contribution in [0.2, 0.25) is 0 Å². The van der Waals surface area contributed by atoms with Crippen LogP contribution >= 0.6 is 0 Å². The molecular weight excluding hydrogens is 280 g/mol. The van der Waals surface area contributed by atoms with Crippen LogP contribution in [0, 0.1) is 0 Å². The zero-order valence-electron chi connectivity index (χ0n) is 12.1. The number of hydrogen-bond acceptors (Lipinski definition) is 4. The first-order chi connectivity index (χ1) is 10.6. The van der Waals surface area contributed by atoms with E-state index in [0.29, 0.717) is 16.5 Å². The summed E-state index contributed by atoms with van der Waals surface area (Å²) in [6.45, 7) is 0. The van der Waals surface area contributed by atoms with Crippen LogP contribution < -0.4 is 4.74 Å². The van der Waals surface area contributed by atoms with Crippen LogP contribution in [0.3, 0.4) is 0 Å². The first-order valence-corrected chi connectivity index (χ1v) is 6.90. The molecule has 3 rings (SSSR count). The number of para-hydroxylation sites is 1. The molecule has 0 aliphatic carbocycles. The van der Waals surface area contributed by atoms with Gasteiger partial charge in [0.15, 0.2) is 11.5 Å². The van der Waals surface area contributed by atoms with Crippen LogP contribution in [-0.4, -0.2) is 22.4 Å². The molecule has 22 heavy (non-hydrogen) atoms. The van der Waals surface area contributed by atoms with E-state index in [1.54, 1.807) is 31.4 Å². The molecule has 0 unspecified atom stereocenters. The van der Waals surface area contributed by atoms with Crippen LogP contribution in [0.4, 0.5) is 0 Å². The summed E-state index contributed by atoms with van der Waals surface area (Å²) in [5.41, 5.74) is 1.09. The summed E-state index contributed by atoms with van der Waals surface area (Å²) in [6, 6.07) is 14.2. The van der Waals surface area contributed by atoms with E-state index in [1.165, 1.54) is 0 Å². The average molecular weight is 296 g/mol. The van der Waals surface area contributed by atoms with Crippen molar-refractivity contribution in [1.82, 2.24) is 0 Å². The van der Waals surface area contributed by atoms with Crippen molar-refractivity contribution in [1.29, 1.82) is 0 Å². The largest absolute Gasteiger partial charge is 0.507 e. The molecule has 3 aromatic carbocycles. The molecule has 4 nitrogen and oxygen atoms in total. The zero-order valence-corrected chi connectivity index (χ0v) is 12.1. The number of fused-ring (bicyclic) bond motifs is 1. The van der Waals surface area contributed by atoms with E-state index in [1.807, 2.05) is 24.3 Å². The van der Waals surface area contributed by atoms with Crippen molar-refractivity contribution >= 4 is 10.8 Å². The lowest BCUT2D eigenvalue weighted by Gasteiger charge is -2.14. The molecule has 0 saturated heterocycles. The Labute approximate surface area is 127 Å². The molecule has 0 atom stereocenters. The highest BCUT2D eigenvalue weighted by Gasteiger charge is 2.19. The number of rotatable bonds is 3. The Balaban J connectivity index is 2.19. The van der Waals surface area contributed by atoms with Crippen molar-refractivity contribution in [2.24, 2.45) is 0 Å². The Kier molecular flexibility index (Phi) is 3.51. The monoisotopic (exact) mass is 296 g/mol. The molecule has 0 spiro atoms. The molecular formula is C18H16O4. The van der Waals surface area contributed by atoms with Gasteiger partial charge in [-0.2, -0.15) is 0 Å². The maximum Gasteiger partial charge on any atom is 0.166 e. The zero-order chi connectivity index (χ0) is 15.7. The summed E-state index contributed by atoms with van der Waals surface area (Å²) in [6.07, 6.45) is 0.250. The van der Waals surface area contributed by atoms with Crippen molar-refractivity contribution < 1.29 is 20.1 Å². The number of hydrogen-bond donors (Lipinski definition) is 3. The normalized spacial score (nSPS) is 10.8. The molecule has 0 aromatic heterocycles. The molecule has 0 aliphatic heterocycles. The highest BCUT2D eigenvalue weighted by molar-refractivity contribution is 5.96. The van der Waals surface area contributed by atoms with Crippen molar-refractivity contribution in [2.45, 2.75) is 6.42 Å². The van der Waals surface area contributed by atoms with Gasteiger partial charge in [-0.15, -0.1) is 0 Å². The number of phenols is 3. The second-order valence-electron chi connectivity index (χ2n) is 5.06. The van der Waals surface area contributed by atoms with Crippen molar-refractivity contribution in [3.8, 4) is 23.0 Å². The third-order valence-electron chi connectivity index (χ3n) is 3.79. The van der Waals surface area contributed by atoms with Gasteiger partial charge >= 0.3 is 0 Å². The minimum absolute atomic E-state index is 0.0307. The van der Waals surface area contributed by atoms with Crippen molar-refractivity contribution in [3.63, 3.8) is 0 Å². The van der Waals surface area contributed by atoms with Crippen LogP contribution in [0.5, 0.6) is 23.0 Å². The van der Waals surface area contributed by atoms with Gasteiger partial charge in [-0.1, -0.05) is 42.5 Å². The number of phenolic OH excluding ortho intramolecular Hbond substituents is 3. The van der Waals surface area contributed by atoms with E-state index in [4.69, 9.17) is 4.74 Å². The summed E-state index contributed by atoms with van der Waals surface area (Å²) in [5.74, 6) is 0.103. The highest BCUT2D eigenvalue weighted by Crippen LogP contribution is 2.45. The predicted molar refractivity (Wildman–Crippen MR) is 84.7 cm³/mol. The van der Waals surface area contributed by atoms with E-state index in [-0.39, 0.29) is 29.2 Å². The highest BCUT2D eigenvalue weighted by atomic mass is 16.5. The molecule has 0 amide bonds. The standard InChI is InChI=1S/C18H16O4/c1-22-15-9-5-2-6-11(15)10-14-16(19)12-7-3-4-8-13(12)17(20)18(14)21/h2-9,19-21H,10H2,1H3. The smallest absolute Gasteiger partial charge is 0.166 e. The molecule has 0 aliphatic rings. The topological polar surface area (TPSA) is 69.9 Å². The van der Waals surface area contributed by atoms with E-state index in [9.17, 15) is 15.3 Å². The van der Waals surface area contributed by atoms with Crippen LogP contribution in [0.25, 0.3) is 10.8 Å². The van der Waals surface area contributed by atoms with E-state index in [0.717, 1.165) is 5.56 Å². The van der Waals surface area contributed by atoms with Gasteiger partial charge in [-0.05, 0) is 11.6 Å². The minimum atomic E-state index is -0.304. The molecule has 4 heteroatoms. The van der Waals surface area contributed by atoms with E-state index >= 15 is 0 Å². The lowest BCUT2D eigenvalue weighted by Crippen LogP contribution is -1.95. The summed E-state index contributed by atoms with van der Waals surface area (Å²) in [5, 5.41) is 31.8. The van der Waals surface area contributed by atoms with Gasteiger partial charge in [0.05, 0.1) is 7.11 Å². The van der Waals surface area contributed by atoms with Gasteiger partial charge in [-0.3, -0.25) is 0 Å². The molecule has 0 fully saturated rings. The Bertz CT molecular complexity index is 840. The molecule has 0 saturated carbocycles. The van der Waals surface area contributed by atoms with Gasteiger partial charge in [0, 0.05) is 22.8 Å². The second-order valence-corrected chi connectivity index (χ2v) is 5.06. The maximum absolute atomic E-state index is 10.5. The minimum Gasteiger partial charge on any atom is -0.507 e. The average Bonchev–Trinajstić information content (AvgIpc) is 2.57. The number of aromatic hydroxyl groups is 3. The Morgan fingerprint density at radius 1 is 0.773 bits per heavy atom. The molecule has 3 aromatic rings. The number of benzene rings is 3. The number of methoxy groups -OCH3 is 1. The molecule has 0 radical (unpaired) electrons.